The summed E-state index contributed by atoms with van der Waals surface area (Å²) in [5.41, 5.74) is 0.394. The second kappa shape index (κ2) is 6.53. The van der Waals surface area contributed by atoms with Crippen LogP contribution in [0.4, 0.5) is 4.79 Å². The van der Waals surface area contributed by atoms with Crippen molar-refractivity contribution in [2.45, 2.75) is 13.0 Å². The van der Waals surface area contributed by atoms with Gasteiger partial charge >= 0.3 is 5.97 Å². The van der Waals surface area contributed by atoms with Crippen LogP contribution in [0.15, 0.2) is 27.6 Å². The summed E-state index contributed by atoms with van der Waals surface area (Å²) in [6, 6.07) is 3.74. The molecule has 1 fully saturated rings. The Bertz CT molecular complexity index is 688. The van der Waals surface area contributed by atoms with Crippen LogP contribution in [0.5, 0.6) is 5.75 Å². The van der Waals surface area contributed by atoms with Crippen LogP contribution in [-0.2, 0) is 14.3 Å². The Balaban J connectivity index is 2.33. The second-order valence-electron chi connectivity index (χ2n) is 4.45. The van der Waals surface area contributed by atoms with E-state index in [1.165, 1.54) is 26.2 Å². The van der Waals surface area contributed by atoms with Gasteiger partial charge in [0.05, 0.1) is 12.0 Å². The summed E-state index contributed by atoms with van der Waals surface area (Å²) in [6.07, 6.45) is 1.41. The van der Waals surface area contributed by atoms with Crippen molar-refractivity contribution in [1.29, 1.82) is 0 Å². The number of phenolic OH excluding ortho intramolecular Hbond substituents is 1. The Labute approximate surface area is 139 Å². The quantitative estimate of drug-likeness (QED) is 0.635. The molecule has 1 N–H and O–H groups in total. The van der Waals surface area contributed by atoms with Crippen molar-refractivity contribution in [3.63, 3.8) is 0 Å². The smallest absolute Gasteiger partial charge is 0.328 e. The minimum Gasteiger partial charge on any atom is -0.507 e. The molecule has 8 heteroatoms. The maximum absolute atomic E-state index is 12.3. The number of phenols is 1. The molecule has 1 aromatic carbocycles. The van der Waals surface area contributed by atoms with Gasteiger partial charge in [0.1, 0.15) is 11.8 Å². The number of ether oxygens (including phenoxy) is 1. The number of benzene rings is 1. The minimum atomic E-state index is -1.00. The lowest BCUT2D eigenvalue weighted by Gasteiger charge is -2.18. The van der Waals surface area contributed by atoms with E-state index in [0.29, 0.717) is 17.3 Å². The predicted molar refractivity (Wildman–Crippen MR) is 85.1 cm³/mol. The number of amides is 2. The first-order valence-electron chi connectivity index (χ1n) is 6.18. The fourth-order valence-electron chi connectivity index (χ4n) is 1.87. The van der Waals surface area contributed by atoms with Crippen LogP contribution in [0.25, 0.3) is 6.08 Å². The van der Waals surface area contributed by atoms with Crippen LogP contribution in [-0.4, -0.2) is 40.3 Å². The number of rotatable bonds is 3. The number of halogens is 1. The monoisotopic (exact) mass is 385 g/mol. The Hall–Kier alpha value is -1.80. The van der Waals surface area contributed by atoms with E-state index in [1.807, 2.05) is 0 Å². The fraction of sp³-hybridized carbons (Fsp3) is 0.214. The van der Waals surface area contributed by atoms with E-state index in [4.69, 9.17) is 0 Å². The van der Waals surface area contributed by atoms with Gasteiger partial charge in [0.25, 0.3) is 11.1 Å². The van der Waals surface area contributed by atoms with E-state index in [1.54, 1.807) is 12.1 Å². The lowest BCUT2D eigenvalue weighted by Crippen LogP contribution is -2.42. The molecule has 1 heterocycles. The van der Waals surface area contributed by atoms with Crippen molar-refractivity contribution < 1.29 is 24.2 Å². The molecule has 0 saturated carbocycles. The number of imide groups is 1. The highest BCUT2D eigenvalue weighted by atomic mass is 79.9. The SMILES string of the molecule is COC(=O)[C@@H](C)N1C(=O)S/C(=C/c2cc(Br)ccc2O)C1=O. The topological polar surface area (TPSA) is 83.9 Å². The third-order valence-electron chi connectivity index (χ3n) is 3.03. The molecule has 2 amide bonds. The van der Waals surface area contributed by atoms with Crippen molar-refractivity contribution in [3.05, 3.63) is 33.1 Å². The molecule has 6 nitrogen and oxygen atoms in total. The molecule has 1 atom stereocenters. The highest BCUT2D eigenvalue weighted by molar-refractivity contribution is 9.10. The maximum Gasteiger partial charge on any atom is 0.328 e. The van der Waals surface area contributed by atoms with Gasteiger partial charge in [-0.05, 0) is 43.0 Å². The van der Waals surface area contributed by atoms with Gasteiger partial charge in [-0.3, -0.25) is 14.5 Å². The molecule has 0 aromatic heterocycles. The third-order valence-corrected chi connectivity index (χ3v) is 4.41. The number of methoxy groups -OCH3 is 1. The summed E-state index contributed by atoms with van der Waals surface area (Å²) in [5.74, 6) is -1.28. The number of hydrogen-bond acceptors (Lipinski definition) is 6. The highest BCUT2D eigenvalue weighted by Crippen LogP contribution is 2.35. The molecule has 116 valence electrons. The van der Waals surface area contributed by atoms with Crippen molar-refractivity contribution in [2.75, 3.05) is 7.11 Å². The van der Waals surface area contributed by atoms with E-state index >= 15 is 0 Å². The number of hydrogen-bond donors (Lipinski definition) is 1. The first-order chi connectivity index (χ1) is 10.3. The van der Waals surface area contributed by atoms with Crippen LogP contribution in [0.1, 0.15) is 12.5 Å². The molecule has 1 saturated heterocycles. The van der Waals surface area contributed by atoms with E-state index < -0.39 is 23.2 Å². The van der Waals surface area contributed by atoms with E-state index in [2.05, 4.69) is 20.7 Å². The van der Waals surface area contributed by atoms with Crippen molar-refractivity contribution in [3.8, 4) is 5.75 Å². The van der Waals surface area contributed by atoms with Gasteiger partial charge in [-0.25, -0.2) is 4.79 Å². The zero-order valence-corrected chi connectivity index (χ0v) is 14.1. The van der Waals surface area contributed by atoms with Crippen molar-refractivity contribution in [1.82, 2.24) is 4.90 Å². The Morgan fingerprint density at radius 3 is 2.77 bits per heavy atom. The largest absolute Gasteiger partial charge is 0.507 e. The normalized spacial score (nSPS) is 18.0. The molecule has 0 spiro atoms. The Kier molecular flexibility index (Phi) is 4.92. The maximum atomic E-state index is 12.3. The molecule has 1 aliphatic rings. The summed E-state index contributed by atoms with van der Waals surface area (Å²) < 4.78 is 5.27. The molecular formula is C14H12BrNO5S. The van der Waals surface area contributed by atoms with Crippen LogP contribution in [0.2, 0.25) is 0 Å². The lowest BCUT2D eigenvalue weighted by molar-refractivity contribution is -0.148. The van der Waals surface area contributed by atoms with Crippen LogP contribution in [0, 0.1) is 0 Å². The molecular weight excluding hydrogens is 374 g/mol. The van der Waals surface area contributed by atoms with Crippen molar-refractivity contribution in [2.24, 2.45) is 0 Å². The van der Waals surface area contributed by atoms with Gasteiger partial charge in [0, 0.05) is 10.0 Å². The molecule has 2 rings (SSSR count). The van der Waals surface area contributed by atoms with Gasteiger partial charge in [-0.2, -0.15) is 0 Å². The highest BCUT2D eigenvalue weighted by Gasteiger charge is 2.41. The standard InChI is InChI=1S/C14H12BrNO5S/c1-7(13(19)21-2)16-12(18)11(22-14(16)20)6-8-5-9(15)3-4-10(8)17/h3-7,17H,1-2H3/b11-6+/t7-/m1/s1. The molecule has 0 unspecified atom stereocenters. The number of thioether (sulfide) groups is 1. The van der Waals surface area contributed by atoms with Gasteiger partial charge in [0.15, 0.2) is 0 Å². The average Bonchev–Trinajstić information content (AvgIpc) is 2.75. The summed E-state index contributed by atoms with van der Waals surface area (Å²) in [5, 5.41) is 9.24. The number of esters is 1. The molecule has 0 bridgehead atoms. The second-order valence-corrected chi connectivity index (χ2v) is 6.36. The minimum absolute atomic E-state index is 0.0176. The number of aromatic hydroxyl groups is 1. The van der Waals surface area contributed by atoms with Gasteiger partial charge in [-0.15, -0.1) is 0 Å². The van der Waals surface area contributed by atoms with Gasteiger partial charge in [0.2, 0.25) is 0 Å². The van der Waals surface area contributed by atoms with Gasteiger partial charge in [-0.1, -0.05) is 15.9 Å². The Morgan fingerprint density at radius 1 is 1.45 bits per heavy atom. The summed E-state index contributed by atoms with van der Waals surface area (Å²) in [4.78, 5) is 36.7. The van der Waals surface area contributed by atoms with E-state index in [9.17, 15) is 19.5 Å². The number of carbonyl (C=O) groups excluding carboxylic acids is 3. The molecule has 1 aromatic rings. The zero-order chi connectivity index (χ0) is 16.4. The van der Waals surface area contributed by atoms with Gasteiger partial charge < -0.3 is 9.84 Å². The Morgan fingerprint density at radius 2 is 2.14 bits per heavy atom. The van der Waals surface area contributed by atoms with Crippen LogP contribution in [0.3, 0.4) is 0 Å². The van der Waals surface area contributed by atoms with Crippen LogP contribution >= 0.6 is 27.7 Å². The fourth-order valence-corrected chi connectivity index (χ4v) is 3.15. The number of carbonyl (C=O) groups is 3. The summed E-state index contributed by atoms with van der Waals surface area (Å²) in [7, 11) is 1.19. The third kappa shape index (κ3) is 3.17. The van der Waals surface area contributed by atoms with Crippen molar-refractivity contribution >= 4 is 50.9 Å². The lowest BCUT2D eigenvalue weighted by atomic mass is 10.2. The molecule has 0 radical (unpaired) electrons. The van der Waals surface area contributed by atoms with E-state index in [0.717, 1.165) is 9.37 Å². The molecule has 22 heavy (non-hydrogen) atoms. The molecule has 0 aliphatic carbocycles. The zero-order valence-electron chi connectivity index (χ0n) is 11.7. The first kappa shape index (κ1) is 16.6. The van der Waals surface area contributed by atoms with E-state index in [-0.39, 0.29) is 10.7 Å². The molecule has 1 aliphatic heterocycles. The number of nitrogens with zero attached hydrogens (tertiary/aromatic N) is 1. The van der Waals surface area contributed by atoms with Crippen LogP contribution < -0.4 is 0 Å². The summed E-state index contributed by atoms with van der Waals surface area (Å²) in [6.45, 7) is 1.42. The first-order valence-corrected chi connectivity index (χ1v) is 7.79. The predicted octanol–water partition coefficient (Wildman–Crippen LogP) is 2.75. The summed E-state index contributed by atoms with van der Waals surface area (Å²) >= 11 is 3.98. The average molecular weight is 386 g/mol.